The number of halogens is 1. The molecule has 0 saturated heterocycles. The van der Waals surface area contributed by atoms with Gasteiger partial charge in [0.05, 0.1) is 5.02 Å². The number of rotatable bonds is 6. The third kappa shape index (κ3) is 2.99. The van der Waals surface area contributed by atoms with Crippen LogP contribution in [0.2, 0.25) is 5.02 Å². The monoisotopic (exact) mass is 257 g/mol. The molecule has 0 aromatic carbocycles. The molecule has 16 heavy (non-hydrogen) atoms. The summed E-state index contributed by atoms with van der Waals surface area (Å²) in [6.45, 7) is 5.27. The van der Waals surface area contributed by atoms with Gasteiger partial charge < -0.3 is 5.32 Å². The Balaban J connectivity index is 2.01. The van der Waals surface area contributed by atoms with E-state index < -0.39 is 0 Å². The predicted molar refractivity (Wildman–Crippen MR) is 72.4 cm³/mol. The van der Waals surface area contributed by atoms with Gasteiger partial charge in [0.25, 0.3) is 0 Å². The smallest absolute Gasteiger partial charge is 0.0590 e. The van der Waals surface area contributed by atoms with Gasteiger partial charge in [-0.25, -0.2) is 0 Å². The van der Waals surface area contributed by atoms with Crippen LogP contribution in [0.4, 0.5) is 0 Å². The molecule has 0 bridgehead atoms. The lowest BCUT2D eigenvalue weighted by Gasteiger charge is -2.17. The molecule has 90 valence electrons. The molecular weight excluding hydrogens is 238 g/mol. The zero-order chi connectivity index (χ0) is 11.5. The lowest BCUT2D eigenvalue weighted by molar-refractivity contribution is 0.488. The van der Waals surface area contributed by atoms with Crippen LogP contribution in [0.5, 0.6) is 0 Å². The molecule has 1 aromatic heterocycles. The van der Waals surface area contributed by atoms with Crippen molar-refractivity contribution in [3.63, 3.8) is 0 Å². The van der Waals surface area contributed by atoms with Gasteiger partial charge in [-0.3, -0.25) is 0 Å². The second-order valence-electron chi connectivity index (χ2n) is 4.73. The highest BCUT2D eigenvalue weighted by atomic mass is 35.5. The quantitative estimate of drug-likeness (QED) is 0.788. The summed E-state index contributed by atoms with van der Waals surface area (Å²) in [7, 11) is 0. The molecule has 0 amide bonds. The number of hydrogen-bond donors (Lipinski definition) is 1. The first-order valence-corrected chi connectivity index (χ1v) is 7.45. The summed E-state index contributed by atoms with van der Waals surface area (Å²) in [5, 5.41) is 6.71. The van der Waals surface area contributed by atoms with Gasteiger partial charge in [0.15, 0.2) is 0 Å². The zero-order valence-electron chi connectivity index (χ0n) is 10.1. The minimum absolute atomic E-state index is 0.469. The second-order valence-corrected chi connectivity index (χ2v) is 6.02. The molecule has 1 heterocycles. The Morgan fingerprint density at radius 3 is 2.81 bits per heavy atom. The minimum atomic E-state index is 0.469. The summed E-state index contributed by atoms with van der Waals surface area (Å²) in [4.78, 5) is 1.33. The summed E-state index contributed by atoms with van der Waals surface area (Å²) >= 11 is 8.14. The highest BCUT2D eigenvalue weighted by molar-refractivity contribution is 7.10. The first-order chi connectivity index (χ1) is 7.72. The molecule has 1 N–H and O–H groups in total. The fourth-order valence-electron chi connectivity index (χ4n) is 2.07. The highest BCUT2D eigenvalue weighted by Gasteiger charge is 2.24. The van der Waals surface area contributed by atoms with Gasteiger partial charge in [-0.1, -0.05) is 31.4 Å². The van der Waals surface area contributed by atoms with Crippen LogP contribution in [0.25, 0.3) is 0 Å². The molecule has 1 unspecified atom stereocenters. The van der Waals surface area contributed by atoms with E-state index in [1.165, 1.54) is 36.1 Å². The number of aryl methyl sites for hydroxylation is 1. The van der Waals surface area contributed by atoms with Gasteiger partial charge in [0.1, 0.15) is 0 Å². The summed E-state index contributed by atoms with van der Waals surface area (Å²) in [6, 6.07) is 0.469. The second kappa shape index (κ2) is 5.52. The molecular formula is C13H20ClNS. The van der Waals surface area contributed by atoms with E-state index in [0.717, 1.165) is 17.5 Å². The lowest BCUT2D eigenvalue weighted by atomic mass is 10.1. The van der Waals surface area contributed by atoms with Gasteiger partial charge >= 0.3 is 0 Å². The van der Waals surface area contributed by atoms with Gasteiger partial charge in [0.2, 0.25) is 0 Å². The maximum absolute atomic E-state index is 6.34. The van der Waals surface area contributed by atoms with Gasteiger partial charge in [-0.05, 0) is 43.2 Å². The summed E-state index contributed by atoms with van der Waals surface area (Å²) in [5.74, 6) is 1.00. The molecule has 1 aromatic rings. The van der Waals surface area contributed by atoms with Crippen molar-refractivity contribution in [3.8, 4) is 0 Å². The summed E-state index contributed by atoms with van der Waals surface area (Å²) in [6.07, 6.45) is 5.47. The normalized spacial score (nSPS) is 17.7. The average Bonchev–Trinajstić information content (AvgIpc) is 3.03. The van der Waals surface area contributed by atoms with E-state index in [1.54, 1.807) is 11.3 Å². The molecule has 2 rings (SSSR count). The van der Waals surface area contributed by atoms with Crippen LogP contribution in [0.15, 0.2) is 5.38 Å². The molecule has 1 nitrogen and oxygen atoms in total. The van der Waals surface area contributed by atoms with Crippen LogP contribution >= 0.6 is 22.9 Å². The topological polar surface area (TPSA) is 12.0 Å². The third-order valence-electron chi connectivity index (χ3n) is 3.25. The SMILES string of the molecule is CCNC(CCC1CC1)c1scc(C)c1Cl. The van der Waals surface area contributed by atoms with E-state index >= 15 is 0 Å². The molecule has 0 spiro atoms. The van der Waals surface area contributed by atoms with E-state index in [-0.39, 0.29) is 0 Å². The van der Waals surface area contributed by atoms with Gasteiger partial charge in [-0.15, -0.1) is 11.3 Å². The van der Waals surface area contributed by atoms with Crippen LogP contribution in [0.1, 0.15) is 49.1 Å². The summed E-state index contributed by atoms with van der Waals surface area (Å²) in [5.41, 5.74) is 1.22. The van der Waals surface area contributed by atoms with E-state index in [1.807, 2.05) is 0 Å². The molecule has 3 heteroatoms. The maximum atomic E-state index is 6.34. The van der Waals surface area contributed by atoms with E-state index in [4.69, 9.17) is 11.6 Å². The van der Waals surface area contributed by atoms with Crippen molar-refractivity contribution in [3.05, 3.63) is 20.8 Å². The Morgan fingerprint density at radius 2 is 2.31 bits per heavy atom. The van der Waals surface area contributed by atoms with Crippen LogP contribution in [0.3, 0.4) is 0 Å². The Morgan fingerprint density at radius 1 is 1.56 bits per heavy atom. The average molecular weight is 258 g/mol. The number of thiophene rings is 1. The molecule has 1 saturated carbocycles. The Bertz CT molecular complexity index is 344. The molecule has 1 fully saturated rings. The van der Waals surface area contributed by atoms with Crippen LogP contribution in [0, 0.1) is 12.8 Å². The molecule has 1 aliphatic carbocycles. The van der Waals surface area contributed by atoms with Gasteiger partial charge in [-0.2, -0.15) is 0 Å². The van der Waals surface area contributed by atoms with Crippen LogP contribution in [-0.2, 0) is 0 Å². The largest absolute Gasteiger partial charge is 0.309 e. The predicted octanol–water partition coefficient (Wildman–Crippen LogP) is 4.55. The van der Waals surface area contributed by atoms with Gasteiger partial charge in [0, 0.05) is 10.9 Å². The molecule has 1 atom stereocenters. The standard InChI is InChI=1S/C13H20ClNS/c1-3-15-11(7-6-10-4-5-10)13-12(14)9(2)8-16-13/h8,10-11,15H,3-7H2,1-2H3. The van der Waals surface area contributed by atoms with Crippen molar-refractivity contribution in [1.82, 2.24) is 5.32 Å². The number of nitrogens with one attached hydrogen (secondary N) is 1. The zero-order valence-corrected chi connectivity index (χ0v) is 11.6. The van der Waals surface area contributed by atoms with E-state index in [9.17, 15) is 0 Å². The van der Waals surface area contributed by atoms with Crippen molar-refractivity contribution in [2.75, 3.05) is 6.54 Å². The van der Waals surface area contributed by atoms with Crippen molar-refractivity contribution < 1.29 is 0 Å². The minimum Gasteiger partial charge on any atom is -0.309 e. The van der Waals surface area contributed by atoms with Crippen molar-refractivity contribution in [2.45, 2.75) is 45.6 Å². The first kappa shape index (κ1) is 12.4. The van der Waals surface area contributed by atoms with E-state index in [2.05, 4.69) is 24.5 Å². The van der Waals surface area contributed by atoms with Crippen molar-refractivity contribution >= 4 is 22.9 Å². The fourth-order valence-corrected chi connectivity index (χ4v) is 3.50. The van der Waals surface area contributed by atoms with Crippen LogP contribution in [-0.4, -0.2) is 6.54 Å². The lowest BCUT2D eigenvalue weighted by Crippen LogP contribution is -2.20. The summed E-state index contributed by atoms with van der Waals surface area (Å²) < 4.78 is 0. The Labute approximate surface area is 107 Å². The fraction of sp³-hybridized carbons (Fsp3) is 0.692. The number of hydrogen-bond acceptors (Lipinski definition) is 2. The maximum Gasteiger partial charge on any atom is 0.0590 e. The first-order valence-electron chi connectivity index (χ1n) is 6.19. The third-order valence-corrected chi connectivity index (χ3v) is 5.08. The Hall–Kier alpha value is -0.0500. The van der Waals surface area contributed by atoms with E-state index in [0.29, 0.717) is 6.04 Å². The molecule has 0 aliphatic heterocycles. The highest BCUT2D eigenvalue weighted by Crippen LogP contribution is 2.39. The molecule has 0 radical (unpaired) electrons. The Kier molecular flexibility index (Phi) is 4.28. The molecule has 1 aliphatic rings. The van der Waals surface area contributed by atoms with Crippen molar-refractivity contribution in [2.24, 2.45) is 5.92 Å². The van der Waals surface area contributed by atoms with Crippen LogP contribution < -0.4 is 5.32 Å². The van der Waals surface area contributed by atoms with Crippen molar-refractivity contribution in [1.29, 1.82) is 0 Å².